The first-order chi connectivity index (χ1) is 14.0. The van der Waals surface area contributed by atoms with Crippen molar-refractivity contribution in [3.63, 3.8) is 0 Å². The second-order valence-electron chi connectivity index (χ2n) is 7.59. The van der Waals surface area contributed by atoms with Crippen molar-refractivity contribution in [3.05, 3.63) is 48.0 Å². The van der Waals surface area contributed by atoms with Gasteiger partial charge >= 0.3 is 11.9 Å². The van der Waals surface area contributed by atoms with Crippen LogP contribution in [0.2, 0.25) is 0 Å². The Labute approximate surface area is 171 Å². The molecule has 1 aliphatic carbocycles. The van der Waals surface area contributed by atoms with Gasteiger partial charge in [-0.1, -0.05) is 38.1 Å². The summed E-state index contributed by atoms with van der Waals surface area (Å²) < 4.78 is 11.1. The Morgan fingerprint density at radius 1 is 1.28 bits per heavy atom. The molecule has 0 spiro atoms. The van der Waals surface area contributed by atoms with Crippen LogP contribution in [-0.2, 0) is 19.1 Å². The summed E-state index contributed by atoms with van der Waals surface area (Å²) in [5.41, 5.74) is 0.475. The SMILES string of the molecule is CCC#CC[C@H](C)C(=O)/C=C/[C@@H]1[C@H]2CC(=O)O[C@H]2C[C@H]1OC(=O)c1ccccc1. The summed E-state index contributed by atoms with van der Waals surface area (Å²) in [7, 11) is 0. The van der Waals surface area contributed by atoms with Gasteiger partial charge in [0.15, 0.2) is 5.78 Å². The number of allylic oxidation sites excluding steroid dienone is 1. The number of carbonyl (C=O) groups excluding carboxylic acids is 3. The highest BCUT2D eigenvalue weighted by Gasteiger charge is 2.50. The van der Waals surface area contributed by atoms with Gasteiger partial charge in [-0.25, -0.2) is 4.79 Å². The molecule has 1 saturated heterocycles. The van der Waals surface area contributed by atoms with E-state index in [0.717, 1.165) is 6.42 Å². The van der Waals surface area contributed by atoms with Crippen molar-refractivity contribution in [1.82, 2.24) is 0 Å². The lowest BCUT2D eigenvalue weighted by atomic mass is 9.90. The number of benzene rings is 1. The Morgan fingerprint density at radius 2 is 2.03 bits per heavy atom. The Kier molecular flexibility index (Phi) is 6.87. The monoisotopic (exact) mass is 394 g/mol. The molecule has 1 saturated carbocycles. The molecule has 1 aromatic carbocycles. The quantitative estimate of drug-likeness (QED) is 0.418. The first-order valence-corrected chi connectivity index (χ1v) is 10.1. The predicted molar refractivity (Wildman–Crippen MR) is 108 cm³/mol. The highest BCUT2D eigenvalue weighted by Crippen LogP contribution is 2.43. The fourth-order valence-corrected chi connectivity index (χ4v) is 3.89. The third-order valence-electron chi connectivity index (χ3n) is 5.50. The molecule has 5 nitrogen and oxygen atoms in total. The number of fused-ring (bicyclic) bond motifs is 1. The Bertz CT molecular complexity index is 845. The van der Waals surface area contributed by atoms with Crippen molar-refractivity contribution in [2.75, 3.05) is 0 Å². The maximum atomic E-state index is 12.5. The number of hydrogen-bond donors (Lipinski definition) is 0. The molecule has 0 aromatic heterocycles. The minimum atomic E-state index is -0.426. The van der Waals surface area contributed by atoms with E-state index in [9.17, 15) is 14.4 Å². The van der Waals surface area contributed by atoms with E-state index in [0.29, 0.717) is 18.4 Å². The van der Waals surface area contributed by atoms with Crippen molar-refractivity contribution < 1.29 is 23.9 Å². The molecule has 5 heteroatoms. The zero-order valence-corrected chi connectivity index (χ0v) is 16.8. The van der Waals surface area contributed by atoms with E-state index in [4.69, 9.17) is 9.47 Å². The molecular formula is C24H26O5. The number of ketones is 1. The number of hydrogen-bond acceptors (Lipinski definition) is 5. The summed E-state index contributed by atoms with van der Waals surface area (Å²) in [6.07, 6.45) is 4.67. The van der Waals surface area contributed by atoms with Gasteiger partial charge in [-0.05, 0) is 18.2 Å². The molecule has 29 heavy (non-hydrogen) atoms. The fraction of sp³-hybridized carbons (Fsp3) is 0.458. The largest absolute Gasteiger partial charge is 0.462 e. The van der Waals surface area contributed by atoms with Gasteiger partial charge in [0.2, 0.25) is 0 Å². The first kappa shape index (κ1) is 20.9. The van der Waals surface area contributed by atoms with Crippen LogP contribution < -0.4 is 0 Å². The standard InChI is InChI=1S/C24H26O5/c1-3-4-6-9-16(2)20(25)13-12-18-19-14-23(26)28-22(19)15-21(18)29-24(27)17-10-7-5-8-11-17/h5,7-8,10-13,16,18-19,21-22H,3,9,14-15H2,1-2H3/b13-12+/t16-,18+,19+,21+,22-/m0/s1. The molecule has 1 aliphatic heterocycles. The lowest BCUT2D eigenvalue weighted by molar-refractivity contribution is -0.141. The van der Waals surface area contributed by atoms with Gasteiger partial charge in [-0.2, -0.15) is 0 Å². The Hall–Kier alpha value is -2.87. The Balaban J connectivity index is 1.70. The maximum Gasteiger partial charge on any atom is 0.338 e. The first-order valence-electron chi connectivity index (χ1n) is 10.1. The molecule has 0 amide bonds. The summed E-state index contributed by atoms with van der Waals surface area (Å²) >= 11 is 0. The van der Waals surface area contributed by atoms with Gasteiger partial charge in [-0.15, -0.1) is 11.8 Å². The summed E-state index contributed by atoms with van der Waals surface area (Å²) in [6, 6.07) is 8.79. The number of esters is 2. The lowest BCUT2D eigenvalue weighted by Gasteiger charge is -2.20. The second kappa shape index (κ2) is 9.56. The molecule has 5 atom stereocenters. The van der Waals surface area contributed by atoms with Crippen molar-refractivity contribution in [1.29, 1.82) is 0 Å². The number of rotatable bonds is 6. The van der Waals surface area contributed by atoms with Crippen LogP contribution in [0.4, 0.5) is 0 Å². The van der Waals surface area contributed by atoms with E-state index in [-0.39, 0.29) is 42.0 Å². The van der Waals surface area contributed by atoms with Crippen LogP contribution in [0.5, 0.6) is 0 Å². The molecule has 3 rings (SSSR count). The molecule has 2 aliphatic rings. The van der Waals surface area contributed by atoms with Crippen LogP contribution in [0.15, 0.2) is 42.5 Å². The van der Waals surface area contributed by atoms with E-state index in [2.05, 4.69) is 11.8 Å². The lowest BCUT2D eigenvalue weighted by Crippen LogP contribution is -2.25. The second-order valence-corrected chi connectivity index (χ2v) is 7.59. The summed E-state index contributed by atoms with van der Waals surface area (Å²) in [5, 5.41) is 0. The van der Waals surface area contributed by atoms with Crippen LogP contribution in [0.3, 0.4) is 0 Å². The van der Waals surface area contributed by atoms with Gasteiger partial charge < -0.3 is 9.47 Å². The average molecular weight is 394 g/mol. The molecule has 0 bridgehead atoms. The zero-order valence-electron chi connectivity index (χ0n) is 16.8. The van der Waals surface area contributed by atoms with E-state index in [1.54, 1.807) is 36.4 Å². The van der Waals surface area contributed by atoms with Gasteiger partial charge in [0.25, 0.3) is 0 Å². The van der Waals surface area contributed by atoms with Crippen LogP contribution in [-0.4, -0.2) is 29.9 Å². The zero-order chi connectivity index (χ0) is 20.8. The summed E-state index contributed by atoms with van der Waals surface area (Å²) in [6.45, 7) is 3.82. The molecule has 0 unspecified atom stereocenters. The van der Waals surface area contributed by atoms with Crippen LogP contribution in [0.1, 0.15) is 49.9 Å². The van der Waals surface area contributed by atoms with Crippen molar-refractivity contribution >= 4 is 17.7 Å². The Morgan fingerprint density at radius 3 is 2.76 bits per heavy atom. The smallest absolute Gasteiger partial charge is 0.338 e. The van der Waals surface area contributed by atoms with Crippen LogP contribution in [0.25, 0.3) is 0 Å². The van der Waals surface area contributed by atoms with Gasteiger partial charge in [0, 0.05) is 37.0 Å². The van der Waals surface area contributed by atoms with Gasteiger partial charge in [-0.3, -0.25) is 9.59 Å². The molecule has 1 heterocycles. The highest BCUT2D eigenvalue weighted by atomic mass is 16.6. The minimum Gasteiger partial charge on any atom is -0.462 e. The minimum absolute atomic E-state index is 0.0165. The number of carbonyl (C=O) groups is 3. The fourth-order valence-electron chi connectivity index (χ4n) is 3.89. The van der Waals surface area contributed by atoms with Crippen molar-refractivity contribution in [2.24, 2.45) is 17.8 Å². The molecule has 0 radical (unpaired) electrons. The van der Waals surface area contributed by atoms with E-state index in [1.807, 2.05) is 19.9 Å². The van der Waals surface area contributed by atoms with E-state index < -0.39 is 12.1 Å². The molecule has 1 aromatic rings. The van der Waals surface area contributed by atoms with Crippen molar-refractivity contribution in [2.45, 2.75) is 51.7 Å². The van der Waals surface area contributed by atoms with Crippen LogP contribution >= 0.6 is 0 Å². The highest BCUT2D eigenvalue weighted by molar-refractivity contribution is 5.92. The van der Waals surface area contributed by atoms with E-state index in [1.165, 1.54) is 0 Å². The van der Waals surface area contributed by atoms with Gasteiger partial charge in [0.1, 0.15) is 12.2 Å². The average Bonchev–Trinajstić information content (AvgIpc) is 3.22. The molecular weight excluding hydrogens is 368 g/mol. The summed E-state index contributed by atoms with van der Waals surface area (Å²) in [4.78, 5) is 36.6. The molecule has 2 fully saturated rings. The molecule has 152 valence electrons. The third-order valence-corrected chi connectivity index (χ3v) is 5.50. The normalized spacial score (nSPS) is 26.3. The molecule has 0 N–H and O–H groups in total. The third kappa shape index (κ3) is 5.14. The van der Waals surface area contributed by atoms with Crippen molar-refractivity contribution in [3.8, 4) is 11.8 Å². The van der Waals surface area contributed by atoms with E-state index >= 15 is 0 Å². The number of ether oxygens (including phenoxy) is 2. The summed E-state index contributed by atoms with van der Waals surface area (Å²) in [5.74, 6) is 4.82. The van der Waals surface area contributed by atoms with Crippen LogP contribution in [0, 0.1) is 29.6 Å². The predicted octanol–water partition coefficient (Wildman–Crippen LogP) is 3.73. The maximum absolute atomic E-state index is 12.5. The topological polar surface area (TPSA) is 69.7 Å². The van der Waals surface area contributed by atoms with Gasteiger partial charge in [0.05, 0.1) is 12.0 Å².